The van der Waals surface area contributed by atoms with Gasteiger partial charge in [0.15, 0.2) is 5.78 Å². The molecule has 3 heterocycles. The van der Waals surface area contributed by atoms with Crippen LogP contribution >= 0.6 is 15.9 Å². The van der Waals surface area contributed by atoms with Crippen molar-refractivity contribution in [3.63, 3.8) is 0 Å². The summed E-state index contributed by atoms with van der Waals surface area (Å²) in [5.74, 6) is -0.0453. The van der Waals surface area contributed by atoms with E-state index >= 15 is 0 Å². The van der Waals surface area contributed by atoms with Crippen molar-refractivity contribution in [2.75, 3.05) is 5.32 Å². The number of allylic oxidation sites excluding steroid dienone is 3. The standard InChI is InChI=1S/C23H26BrN5O2/c1-12-15(11-29(5)28-12)20-19(22(31)27-18-7-6-14(24)10-25-18)13(2)26-16-8-23(3,4)9-17(30)21(16)20/h6-7,10-11,20,26H,8-9H2,1-5H3,(H,25,27,31)/p+1. The number of hydrogen-bond acceptors (Lipinski definition) is 4. The second-order valence-corrected chi connectivity index (χ2v) is 10.1. The Labute approximate surface area is 190 Å². The van der Waals surface area contributed by atoms with Crippen molar-refractivity contribution in [2.24, 2.45) is 12.5 Å². The van der Waals surface area contributed by atoms with Crippen molar-refractivity contribution in [1.29, 1.82) is 0 Å². The minimum Gasteiger partial charge on any atom is -0.362 e. The van der Waals surface area contributed by atoms with Gasteiger partial charge in [-0.2, -0.15) is 5.10 Å². The molecule has 2 aromatic heterocycles. The molecule has 3 N–H and O–H groups in total. The van der Waals surface area contributed by atoms with Crippen LogP contribution in [-0.2, 0) is 16.6 Å². The number of ketones is 1. The van der Waals surface area contributed by atoms with Gasteiger partial charge in [-0.1, -0.05) is 13.8 Å². The van der Waals surface area contributed by atoms with E-state index in [2.05, 4.69) is 50.5 Å². The van der Waals surface area contributed by atoms with E-state index in [1.54, 1.807) is 16.9 Å². The van der Waals surface area contributed by atoms with Gasteiger partial charge >= 0.3 is 5.91 Å². The smallest absolute Gasteiger partial charge is 0.337 e. The van der Waals surface area contributed by atoms with Crippen LogP contribution in [0.2, 0.25) is 0 Å². The third kappa shape index (κ3) is 4.08. The normalized spacial score (nSPS) is 20.5. The van der Waals surface area contributed by atoms with Crippen molar-refractivity contribution < 1.29 is 14.6 Å². The number of nitrogens with one attached hydrogen (secondary N) is 3. The van der Waals surface area contributed by atoms with Gasteiger partial charge in [0, 0.05) is 48.3 Å². The number of dihydropyridines is 1. The number of rotatable bonds is 3. The number of aromatic nitrogens is 3. The summed E-state index contributed by atoms with van der Waals surface area (Å²) in [5, 5.41) is 10.8. The average molecular weight is 485 g/mol. The molecule has 2 aliphatic rings. The third-order valence-corrected chi connectivity index (χ3v) is 6.36. The zero-order valence-electron chi connectivity index (χ0n) is 18.4. The summed E-state index contributed by atoms with van der Waals surface area (Å²) in [7, 11) is 1.85. The summed E-state index contributed by atoms with van der Waals surface area (Å²) in [4.78, 5) is 29.8. The molecule has 1 aliphatic carbocycles. The second kappa shape index (κ2) is 7.75. The Kier molecular flexibility index (Phi) is 5.37. The second-order valence-electron chi connectivity index (χ2n) is 9.15. The van der Waals surface area contributed by atoms with E-state index in [-0.39, 0.29) is 17.1 Å². The van der Waals surface area contributed by atoms with E-state index in [0.717, 1.165) is 33.5 Å². The van der Waals surface area contributed by atoms with Crippen LogP contribution in [-0.4, -0.2) is 21.5 Å². The fourth-order valence-corrected chi connectivity index (χ4v) is 4.87. The monoisotopic (exact) mass is 484 g/mol. The molecule has 0 spiro atoms. The van der Waals surface area contributed by atoms with Crippen LogP contribution in [0.1, 0.15) is 50.8 Å². The average Bonchev–Trinajstić information content (AvgIpc) is 2.99. The molecule has 2 aromatic rings. The minimum absolute atomic E-state index is 0.0833. The van der Waals surface area contributed by atoms with Gasteiger partial charge in [-0.3, -0.25) is 9.48 Å². The lowest BCUT2D eigenvalue weighted by atomic mass is 9.68. The van der Waals surface area contributed by atoms with Crippen molar-refractivity contribution in [3.8, 4) is 0 Å². The lowest BCUT2D eigenvalue weighted by molar-refractivity contribution is -0.361. The number of halogens is 1. The van der Waals surface area contributed by atoms with Gasteiger partial charge in [-0.05, 0) is 47.7 Å². The summed E-state index contributed by atoms with van der Waals surface area (Å²) < 4.78 is 2.62. The zero-order valence-corrected chi connectivity index (χ0v) is 20.0. The molecule has 1 atom stereocenters. The molecule has 4 rings (SSSR count). The maximum absolute atomic E-state index is 13.5. The highest BCUT2D eigenvalue weighted by atomic mass is 79.9. The van der Waals surface area contributed by atoms with Crippen molar-refractivity contribution in [3.05, 3.63) is 62.8 Å². The zero-order chi connectivity index (χ0) is 22.5. The van der Waals surface area contributed by atoms with Crippen molar-refractivity contribution in [1.82, 2.24) is 15.1 Å². The number of amides is 1. The number of H-pyrrole nitrogens is 1. The largest absolute Gasteiger partial charge is 0.362 e. The molecule has 0 fully saturated rings. The molecule has 162 valence electrons. The molecule has 0 saturated carbocycles. The van der Waals surface area contributed by atoms with Crippen LogP contribution in [0.3, 0.4) is 0 Å². The summed E-state index contributed by atoms with van der Waals surface area (Å²) >= 11 is 3.39. The number of carbonyl (C=O) groups is 2. The van der Waals surface area contributed by atoms with Gasteiger partial charge in [-0.15, -0.1) is 0 Å². The fraction of sp³-hybridized carbons (Fsp3) is 0.391. The first-order valence-electron chi connectivity index (χ1n) is 10.3. The van der Waals surface area contributed by atoms with Crippen molar-refractivity contribution >= 4 is 33.4 Å². The molecule has 1 amide bonds. The Morgan fingerprint density at radius 2 is 2.06 bits per heavy atom. The number of anilines is 1. The predicted molar refractivity (Wildman–Crippen MR) is 121 cm³/mol. The predicted octanol–water partition coefficient (Wildman–Crippen LogP) is 3.55. The molecule has 0 aromatic carbocycles. The van der Waals surface area contributed by atoms with E-state index in [1.165, 1.54) is 0 Å². The van der Waals surface area contributed by atoms with Gasteiger partial charge in [0.1, 0.15) is 6.20 Å². The number of hydrogen-bond donors (Lipinski definition) is 2. The summed E-state index contributed by atoms with van der Waals surface area (Å²) in [6.07, 6.45) is 4.88. The molecule has 7 nitrogen and oxygen atoms in total. The van der Waals surface area contributed by atoms with E-state index in [9.17, 15) is 9.59 Å². The van der Waals surface area contributed by atoms with E-state index in [1.807, 2.05) is 33.2 Å². The van der Waals surface area contributed by atoms with Gasteiger partial charge in [0.05, 0.1) is 21.7 Å². The van der Waals surface area contributed by atoms with Crippen LogP contribution in [0, 0.1) is 12.3 Å². The molecule has 0 saturated heterocycles. The Morgan fingerprint density at radius 3 is 2.68 bits per heavy atom. The Bertz CT molecular complexity index is 1140. The first-order chi connectivity index (χ1) is 14.6. The maximum atomic E-state index is 13.5. The minimum atomic E-state index is -0.455. The van der Waals surface area contributed by atoms with Crippen LogP contribution in [0.15, 0.2) is 51.5 Å². The first-order valence-corrected chi connectivity index (χ1v) is 11.1. The summed E-state index contributed by atoms with van der Waals surface area (Å²) in [6.45, 7) is 8.02. The third-order valence-electron chi connectivity index (χ3n) is 5.87. The molecular formula is C23H27BrN5O2+. The highest BCUT2D eigenvalue weighted by molar-refractivity contribution is 9.10. The van der Waals surface area contributed by atoms with Gasteiger partial charge in [-0.25, -0.2) is 15.1 Å². The molecule has 1 aliphatic heterocycles. The number of nitrogens with zero attached hydrogens (tertiary/aromatic N) is 2. The number of pyridine rings is 1. The maximum Gasteiger partial charge on any atom is 0.337 e. The summed E-state index contributed by atoms with van der Waals surface area (Å²) in [6, 6.07) is 3.64. The highest BCUT2D eigenvalue weighted by Gasteiger charge is 2.44. The number of aromatic amines is 1. The van der Waals surface area contributed by atoms with Crippen LogP contribution in [0.4, 0.5) is 5.82 Å². The fourth-order valence-electron chi connectivity index (χ4n) is 4.62. The molecular weight excluding hydrogens is 458 g/mol. The number of aryl methyl sites for hydroxylation is 2. The number of carbonyl (C=O) groups excluding carboxylic acids is 2. The van der Waals surface area contributed by atoms with Crippen LogP contribution in [0.25, 0.3) is 0 Å². The molecule has 1 unspecified atom stereocenters. The highest BCUT2D eigenvalue weighted by Crippen LogP contribution is 2.47. The van der Waals surface area contributed by atoms with Crippen molar-refractivity contribution in [2.45, 2.75) is 46.5 Å². The summed E-state index contributed by atoms with van der Waals surface area (Å²) in [5.41, 5.74) is 4.47. The topological polar surface area (TPSA) is 90.2 Å². The SMILES string of the molecule is CC1=C(C(=O)Nc2ccc(Br)c[nH+]2)C(c2cn(C)nc2C)C2=C(CC(C)(C)CC2=O)N1. The lowest BCUT2D eigenvalue weighted by Gasteiger charge is -2.39. The van der Waals surface area contributed by atoms with Crippen LogP contribution < -0.4 is 15.6 Å². The quantitative estimate of drug-likeness (QED) is 0.696. The Hall–Kier alpha value is -2.74. The van der Waals surface area contributed by atoms with Crippen LogP contribution in [0.5, 0.6) is 0 Å². The molecule has 8 heteroatoms. The van der Waals surface area contributed by atoms with E-state index in [0.29, 0.717) is 23.4 Å². The van der Waals surface area contributed by atoms with Gasteiger partial charge < -0.3 is 5.32 Å². The lowest BCUT2D eigenvalue weighted by Crippen LogP contribution is -2.39. The molecule has 31 heavy (non-hydrogen) atoms. The van der Waals surface area contributed by atoms with Gasteiger partial charge in [0.25, 0.3) is 5.82 Å². The first kappa shape index (κ1) is 21.5. The van der Waals surface area contributed by atoms with Gasteiger partial charge in [0.2, 0.25) is 0 Å². The molecule has 0 radical (unpaired) electrons. The Balaban J connectivity index is 1.81. The number of Topliss-reactive ketones (excluding diaryl/α,β-unsaturated/α-hetero) is 1. The van der Waals surface area contributed by atoms with E-state index < -0.39 is 5.92 Å². The Morgan fingerprint density at radius 1 is 1.32 bits per heavy atom. The molecule has 0 bridgehead atoms. The van der Waals surface area contributed by atoms with E-state index in [4.69, 9.17) is 0 Å².